The summed E-state index contributed by atoms with van der Waals surface area (Å²) in [6.45, 7) is 6.99. The van der Waals surface area contributed by atoms with Gasteiger partial charge in [-0.3, -0.25) is 0 Å². The number of aryl methyl sites for hydroxylation is 1. The smallest absolute Gasteiger partial charge is 0.132 e. The van der Waals surface area contributed by atoms with Gasteiger partial charge in [-0.15, -0.1) is 0 Å². The van der Waals surface area contributed by atoms with Gasteiger partial charge in [-0.2, -0.15) is 5.26 Å². The van der Waals surface area contributed by atoms with Gasteiger partial charge in [0.2, 0.25) is 0 Å². The molecule has 0 aromatic carbocycles. The standard InChI is InChI=1S/C12H18N4/c1-4-11-8-12(15-9-14-11)16(10(2)3)7-5-6-13/h8-10H,4-5,7H2,1-3H3. The van der Waals surface area contributed by atoms with E-state index in [1.54, 1.807) is 6.33 Å². The number of aromatic nitrogens is 2. The monoisotopic (exact) mass is 218 g/mol. The number of hydrogen-bond donors (Lipinski definition) is 0. The van der Waals surface area contributed by atoms with E-state index in [2.05, 4.69) is 41.7 Å². The summed E-state index contributed by atoms with van der Waals surface area (Å²) in [4.78, 5) is 10.6. The highest BCUT2D eigenvalue weighted by molar-refractivity contribution is 5.40. The quantitative estimate of drug-likeness (QED) is 0.760. The van der Waals surface area contributed by atoms with Gasteiger partial charge >= 0.3 is 0 Å². The van der Waals surface area contributed by atoms with Gasteiger partial charge in [-0.05, 0) is 20.3 Å². The van der Waals surface area contributed by atoms with Gasteiger partial charge in [0.1, 0.15) is 12.1 Å². The maximum absolute atomic E-state index is 8.64. The molecule has 0 atom stereocenters. The summed E-state index contributed by atoms with van der Waals surface area (Å²) < 4.78 is 0. The van der Waals surface area contributed by atoms with Crippen molar-refractivity contribution >= 4 is 5.82 Å². The lowest BCUT2D eigenvalue weighted by molar-refractivity contribution is 0.674. The highest BCUT2D eigenvalue weighted by atomic mass is 15.2. The number of hydrogen-bond acceptors (Lipinski definition) is 4. The van der Waals surface area contributed by atoms with Crippen LogP contribution in [0.25, 0.3) is 0 Å². The maximum atomic E-state index is 8.64. The summed E-state index contributed by atoms with van der Waals surface area (Å²) in [6.07, 6.45) is 3.01. The third-order valence-electron chi connectivity index (χ3n) is 2.45. The van der Waals surface area contributed by atoms with E-state index in [9.17, 15) is 0 Å². The third-order valence-corrected chi connectivity index (χ3v) is 2.45. The predicted octanol–water partition coefficient (Wildman–Crippen LogP) is 2.17. The van der Waals surface area contributed by atoms with E-state index < -0.39 is 0 Å². The zero-order chi connectivity index (χ0) is 12.0. The van der Waals surface area contributed by atoms with Crippen LogP contribution < -0.4 is 4.90 Å². The average Bonchev–Trinajstić information content (AvgIpc) is 2.29. The Morgan fingerprint density at radius 3 is 2.75 bits per heavy atom. The number of nitriles is 1. The van der Waals surface area contributed by atoms with Crippen LogP contribution in [0.4, 0.5) is 5.82 Å². The first-order valence-electron chi connectivity index (χ1n) is 5.63. The van der Waals surface area contributed by atoms with Crippen molar-refractivity contribution in [1.82, 2.24) is 9.97 Å². The second kappa shape index (κ2) is 6.06. The zero-order valence-corrected chi connectivity index (χ0v) is 10.1. The minimum Gasteiger partial charge on any atom is -0.353 e. The molecule has 16 heavy (non-hydrogen) atoms. The van der Waals surface area contributed by atoms with Crippen LogP contribution in [0.3, 0.4) is 0 Å². The Hall–Kier alpha value is -1.63. The highest BCUT2D eigenvalue weighted by Gasteiger charge is 2.11. The van der Waals surface area contributed by atoms with Crippen LogP contribution in [0.5, 0.6) is 0 Å². The second-order valence-corrected chi connectivity index (χ2v) is 3.92. The Morgan fingerprint density at radius 2 is 2.19 bits per heavy atom. The highest BCUT2D eigenvalue weighted by Crippen LogP contribution is 2.14. The van der Waals surface area contributed by atoms with Crippen molar-refractivity contribution in [3.8, 4) is 6.07 Å². The molecule has 0 aliphatic carbocycles. The molecule has 0 N–H and O–H groups in total. The van der Waals surface area contributed by atoms with Crippen LogP contribution in [0.2, 0.25) is 0 Å². The van der Waals surface area contributed by atoms with Gasteiger partial charge in [0.05, 0.1) is 12.5 Å². The van der Waals surface area contributed by atoms with E-state index in [1.165, 1.54) is 0 Å². The summed E-state index contributed by atoms with van der Waals surface area (Å²) in [5.74, 6) is 0.914. The minimum atomic E-state index is 0.341. The SMILES string of the molecule is CCc1cc(N(CCC#N)C(C)C)ncn1. The van der Waals surface area contributed by atoms with Crippen LogP contribution in [0, 0.1) is 11.3 Å². The lowest BCUT2D eigenvalue weighted by Gasteiger charge is -2.26. The van der Waals surface area contributed by atoms with E-state index >= 15 is 0 Å². The molecule has 1 aromatic heterocycles. The molecule has 1 heterocycles. The predicted molar refractivity (Wildman–Crippen MR) is 64.1 cm³/mol. The molecule has 0 unspecified atom stereocenters. The summed E-state index contributed by atoms with van der Waals surface area (Å²) in [5, 5.41) is 8.64. The van der Waals surface area contributed by atoms with Crippen LogP contribution in [0.1, 0.15) is 32.9 Å². The first-order chi connectivity index (χ1) is 7.69. The number of nitrogens with zero attached hydrogens (tertiary/aromatic N) is 4. The minimum absolute atomic E-state index is 0.341. The molecule has 0 radical (unpaired) electrons. The number of rotatable bonds is 5. The molecule has 0 fully saturated rings. The molecule has 0 saturated carbocycles. The van der Waals surface area contributed by atoms with Gasteiger partial charge in [-0.1, -0.05) is 6.92 Å². The Labute approximate surface area is 96.9 Å². The molecule has 0 aliphatic rings. The molecule has 1 rings (SSSR count). The Bertz CT molecular complexity index is 368. The molecule has 0 amide bonds. The fourth-order valence-corrected chi connectivity index (χ4v) is 1.54. The van der Waals surface area contributed by atoms with Gasteiger partial charge in [-0.25, -0.2) is 9.97 Å². The van der Waals surface area contributed by atoms with Gasteiger partial charge in [0, 0.05) is 24.3 Å². The first-order valence-corrected chi connectivity index (χ1v) is 5.63. The van der Waals surface area contributed by atoms with E-state index in [0.717, 1.165) is 17.9 Å². The summed E-state index contributed by atoms with van der Waals surface area (Å²) in [6, 6.07) is 4.50. The first kappa shape index (κ1) is 12.4. The van der Waals surface area contributed by atoms with E-state index in [4.69, 9.17) is 5.26 Å². The maximum Gasteiger partial charge on any atom is 0.132 e. The molecular formula is C12H18N4. The number of anilines is 1. The van der Waals surface area contributed by atoms with Crippen molar-refractivity contribution in [2.24, 2.45) is 0 Å². The fraction of sp³-hybridized carbons (Fsp3) is 0.583. The lowest BCUT2D eigenvalue weighted by Crippen LogP contribution is -2.32. The van der Waals surface area contributed by atoms with E-state index in [1.807, 2.05) is 6.07 Å². The molecule has 86 valence electrons. The summed E-state index contributed by atoms with van der Waals surface area (Å²) >= 11 is 0. The van der Waals surface area contributed by atoms with Crippen molar-refractivity contribution < 1.29 is 0 Å². The average molecular weight is 218 g/mol. The van der Waals surface area contributed by atoms with Crippen molar-refractivity contribution in [2.75, 3.05) is 11.4 Å². The van der Waals surface area contributed by atoms with E-state index in [-0.39, 0.29) is 0 Å². The largest absolute Gasteiger partial charge is 0.353 e. The molecule has 0 aliphatic heterocycles. The Balaban J connectivity index is 2.88. The van der Waals surface area contributed by atoms with Crippen LogP contribution in [-0.4, -0.2) is 22.6 Å². The van der Waals surface area contributed by atoms with Crippen LogP contribution in [-0.2, 0) is 6.42 Å². The fourth-order valence-electron chi connectivity index (χ4n) is 1.54. The van der Waals surface area contributed by atoms with Crippen LogP contribution in [0.15, 0.2) is 12.4 Å². The third kappa shape index (κ3) is 3.20. The topological polar surface area (TPSA) is 52.8 Å². The van der Waals surface area contributed by atoms with Gasteiger partial charge in [0.25, 0.3) is 0 Å². The molecular weight excluding hydrogens is 200 g/mol. The zero-order valence-electron chi connectivity index (χ0n) is 10.1. The molecule has 4 heteroatoms. The van der Waals surface area contributed by atoms with Gasteiger partial charge in [0.15, 0.2) is 0 Å². The molecule has 0 saturated heterocycles. The second-order valence-electron chi connectivity index (χ2n) is 3.92. The molecule has 0 spiro atoms. The molecule has 1 aromatic rings. The molecule has 0 bridgehead atoms. The Kier molecular flexibility index (Phi) is 4.71. The van der Waals surface area contributed by atoms with Gasteiger partial charge < -0.3 is 4.90 Å². The summed E-state index contributed by atoms with van der Waals surface area (Å²) in [5.41, 5.74) is 1.03. The van der Waals surface area contributed by atoms with Crippen molar-refractivity contribution in [3.63, 3.8) is 0 Å². The van der Waals surface area contributed by atoms with E-state index in [0.29, 0.717) is 19.0 Å². The lowest BCUT2D eigenvalue weighted by atomic mass is 10.2. The van der Waals surface area contributed by atoms with Crippen molar-refractivity contribution in [1.29, 1.82) is 5.26 Å². The van der Waals surface area contributed by atoms with Crippen LogP contribution >= 0.6 is 0 Å². The summed E-state index contributed by atoms with van der Waals surface area (Å²) in [7, 11) is 0. The van der Waals surface area contributed by atoms with Crippen molar-refractivity contribution in [2.45, 2.75) is 39.7 Å². The Morgan fingerprint density at radius 1 is 1.44 bits per heavy atom. The molecule has 4 nitrogen and oxygen atoms in total. The van der Waals surface area contributed by atoms with Crippen molar-refractivity contribution in [3.05, 3.63) is 18.1 Å². The normalized spacial score (nSPS) is 10.2.